The van der Waals surface area contributed by atoms with Gasteiger partial charge < -0.3 is 20.5 Å². The summed E-state index contributed by atoms with van der Waals surface area (Å²) in [6, 6.07) is 5.46. The molecule has 116 valence electrons. The molecular formula is C15H21FN2O3. The minimum Gasteiger partial charge on any atom is -0.396 e. The lowest BCUT2D eigenvalue weighted by Crippen LogP contribution is -2.42. The Kier molecular flexibility index (Phi) is 5.95. The van der Waals surface area contributed by atoms with Crippen molar-refractivity contribution in [2.45, 2.75) is 31.4 Å². The third-order valence-electron chi connectivity index (χ3n) is 3.47. The zero-order chi connectivity index (χ0) is 15.1. The summed E-state index contributed by atoms with van der Waals surface area (Å²) in [6.07, 6.45) is 2.23. The molecule has 1 saturated heterocycles. The first-order valence-electron chi connectivity index (χ1n) is 7.23. The number of urea groups is 1. The molecule has 1 aromatic rings. The first-order valence-corrected chi connectivity index (χ1v) is 7.23. The second-order valence-electron chi connectivity index (χ2n) is 5.06. The molecule has 2 amide bonds. The Morgan fingerprint density at radius 2 is 2.19 bits per heavy atom. The van der Waals surface area contributed by atoms with Gasteiger partial charge in [0.15, 0.2) is 0 Å². The molecule has 0 bridgehead atoms. The number of benzene rings is 1. The van der Waals surface area contributed by atoms with Crippen LogP contribution >= 0.6 is 0 Å². The second kappa shape index (κ2) is 7.95. The summed E-state index contributed by atoms with van der Waals surface area (Å²) in [6.45, 7) is 1.12. The van der Waals surface area contributed by atoms with Crippen molar-refractivity contribution in [1.82, 2.24) is 10.6 Å². The molecule has 0 aliphatic carbocycles. The number of amides is 2. The number of hydrogen-bond donors (Lipinski definition) is 3. The molecule has 1 aliphatic rings. The van der Waals surface area contributed by atoms with Gasteiger partial charge >= 0.3 is 6.03 Å². The Morgan fingerprint density at radius 3 is 2.81 bits per heavy atom. The fourth-order valence-electron chi connectivity index (χ4n) is 2.40. The number of nitrogens with one attached hydrogen (secondary N) is 2. The summed E-state index contributed by atoms with van der Waals surface area (Å²) in [5.41, 5.74) is 0.820. The van der Waals surface area contributed by atoms with E-state index in [1.807, 2.05) is 0 Å². The lowest BCUT2D eigenvalue weighted by Gasteiger charge is -2.25. The molecule has 0 aromatic heterocycles. The fourth-order valence-corrected chi connectivity index (χ4v) is 2.40. The Morgan fingerprint density at radius 1 is 1.43 bits per heavy atom. The van der Waals surface area contributed by atoms with E-state index in [0.29, 0.717) is 19.6 Å². The zero-order valence-electron chi connectivity index (χ0n) is 11.8. The Balaban J connectivity index is 2.01. The van der Waals surface area contributed by atoms with Crippen molar-refractivity contribution < 1.29 is 19.0 Å². The number of hydrogen-bond acceptors (Lipinski definition) is 3. The molecule has 1 fully saturated rings. The molecule has 0 radical (unpaired) electrons. The molecular weight excluding hydrogens is 275 g/mol. The van der Waals surface area contributed by atoms with Crippen LogP contribution < -0.4 is 10.6 Å². The van der Waals surface area contributed by atoms with E-state index >= 15 is 0 Å². The van der Waals surface area contributed by atoms with Crippen LogP contribution in [0.1, 0.15) is 30.9 Å². The van der Waals surface area contributed by atoms with Crippen LogP contribution in [-0.2, 0) is 4.74 Å². The van der Waals surface area contributed by atoms with Gasteiger partial charge in [-0.25, -0.2) is 9.18 Å². The highest BCUT2D eigenvalue weighted by molar-refractivity contribution is 5.74. The van der Waals surface area contributed by atoms with E-state index < -0.39 is 0 Å². The SMILES string of the molecule is O=C(NCCCO)N[C@@H](c1ccc(F)cc1)[C@H]1CCCO1. The van der Waals surface area contributed by atoms with Gasteiger partial charge in [0.05, 0.1) is 12.1 Å². The lowest BCUT2D eigenvalue weighted by molar-refractivity contribution is 0.0807. The third kappa shape index (κ3) is 4.68. The molecule has 3 N–H and O–H groups in total. The van der Waals surface area contributed by atoms with Crippen molar-refractivity contribution in [2.75, 3.05) is 19.8 Å². The van der Waals surface area contributed by atoms with E-state index in [1.165, 1.54) is 12.1 Å². The van der Waals surface area contributed by atoms with Gasteiger partial charge in [0, 0.05) is 19.8 Å². The van der Waals surface area contributed by atoms with Crippen LogP contribution in [-0.4, -0.2) is 37.0 Å². The van der Waals surface area contributed by atoms with Gasteiger partial charge in [-0.15, -0.1) is 0 Å². The van der Waals surface area contributed by atoms with Crippen LogP contribution in [0.3, 0.4) is 0 Å². The smallest absolute Gasteiger partial charge is 0.315 e. The molecule has 21 heavy (non-hydrogen) atoms. The van der Waals surface area contributed by atoms with Gasteiger partial charge in [-0.2, -0.15) is 0 Å². The summed E-state index contributed by atoms with van der Waals surface area (Å²) in [5.74, 6) is -0.308. The lowest BCUT2D eigenvalue weighted by atomic mass is 9.99. The average Bonchev–Trinajstić information content (AvgIpc) is 3.00. The van der Waals surface area contributed by atoms with Crippen molar-refractivity contribution in [3.63, 3.8) is 0 Å². The van der Waals surface area contributed by atoms with E-state index in [-0.39, 0.29) is 30.6 Å². The Hall–Kier alpha value is -1.66. The molecule has 6 heteroatoms. The van der Waals surface area contributed by atoms with E-state index in [0.717, 1.165) is 18.4 Å². The maximum atomic E-state index is 13.0. The number of aliphatic hydroxyl groups excluding tert-OH is 1. The largest absolute Gasteiger partial charge is 0.396 e. The van der Waals surface area contributed by atoms with Gasteiger partial charge in [0.2, 0.25) is 0 Å². The maximum absolute atomic E-state index is 13.0. The van der Waals surface area contributed by atoms with Crippen LogP contribution in [0.5, 0.6) is 0 Å². The molecule has 2 rings (SSSR count). The van der Waals surface area contributed by atoms with Crippen molar-refractivity contribution >= 4 is 6.03 Å². The van der Waals surface area contributed by atoms with Crippen LogP contribution in [0.4, 0.5) is 9.18 Å². The highest BCUT2D eigenvalue weighted by atomic mass is 19.1. The number of halogens is 1. The van der Waals surface area contributed by atoms with E-state index in [2.05, 4.69) is 10.6 Å². The summed E-state index contributed by atoms with van der Waals surface area (Å²) in [5, 5.41) is 14.3. The summed E-state index contributed by atoms with van der Waals surface area (Å²) >= 11 is 0. The van der Waals surface area contributed by atoms with Gasteiger partial charge in [-0.1, -0.05) is 12.1 Å². The van der Waals surface area contributed by atoms with Crippen LogP contribution in [0, 0.1) is 5.82 Å². The topological polar surface area (TPSA) is 70.6 Å². The molecule has 0 unspecified atom stereocenters. The number of aliphatic hydroxyl groups is 1. The summed E-state index contributed by atoms with van der Waals surface area (Å²) < 4.78 is 18.7. The van der Waals surface area contributed by atoms with Crippen LogP contribution in [0.2, 0.25) is 0 Å². The predicted octanol–water partition coefficient (Wildman–Crippen LogP) is 1.73. The number of carbonyl (C=O) groups excluding carboxylic acids is 1. The van der Waals surface area contributed by atoms with Crippen LogP contribution in [0.25, 0.3) is 0 Å². The highest BCUT2D eigenvalue weighted by Crippen LogP contribution is 2.27. The van der Waals surface area contributed by atoms with Gasteiger partial charge in [0.25, 0.3) is 0 Å². The predicted molar refractivity (Wildman–Crippen MR) is 76.4 cm³/mol. The molecule has 1 aliphatic heterocycles. The highest BCUT2D eigenvalue weighted by Gasteiger charge is 2.28. The molecule has 1 aromatic carbocycles. The minimum atomic E-state index is -0.312. The molecule has 0 saturated carbocycles. The van der Waals surface area contributed by atoms with Gasteiger partial charge in [0.1, 0.15) is 5.82 Å². The average molecular weight is 296 g/mol. The van der Waals surface area contributed by atoms with Crippen molar-refractivity contribution in [1.29, 1.82) is 0 Å². The molecule has 1 heterocycles. The molecule has 5 nitrogen and oxygen atoms in total. The maximum Gasteiger partial charge on any atom is 0.315 e. The fraction of sp³-hybridized carbons (Fsp3) is 0.533. The Labute approximate surface area is 123 Å². The van der Waals surface area contributed by atoms with E-state index in [4.69, 9.17) is 9.84 Å². The molecule has 0 spiro atoms. The number of ether oxygens (including phenoxy) is 1. The van der Waals surface area contributed by atoms with Crippen molar-refractivity contribution in [2.24, 2.45) is 0 Å². The van der Waals surface area contributed by atoms with E-state index in [1.54, 1.807) is 12.1 Å². The second-order valence-corrected chi connectivity index (χ2v) is 5.06. The normalized spacial score (nSPS) is 19.2. The Bertz CT molecular complexity index is 447. The number of carbonyl (C=O) groups is 1. The number of rotatable bonds is 6. The summed E-state index contributed by atoms with van der Waals surface area (Å²) in [4.78, 5) is 11.9. The first-order chi connectivity index (χ1) is 10.2. The standard InChI is InChI=1S/C15H21FN2O3/c16-12-6-4-11(5-7-12)14(13-3-1-10-21-13)18-15(20)17-8-2-9-19/h4-7,13-14,19H,1-3,8-10H2,(H2,17,18,20)/t13-,14+/m1/s1. The molecule has 2 atom stereocenters. The van der Waals surface area contributed by atoms with E-state index in [9.17, 15) is 9.18 Å². The first kappa shape index (κ1) is 15.7. The summed E-state index contributed by atoms with van der Waals surface area (Å²) in [7, 11) is 0. The van der Waals surface area contributed by atoms with Gasteiger partial charge in [-0.3, -0.25) is 0 Å². The monoisotopic (exact) mass is 296 g/mol. The van der Waals surface area contributed by atoms with Gasteiger partial charge in [-0.05, 0) is 37.0 Å². The minimum absolute atomic E-state index is 0.0351. The van der Waals surface area contributed by atoms with Crippen molar-refractivity contribution in [3.05, 3.63) is 35.6 Å². The zero-order valence-corrected chi connectivity index (χ0v) is 11.8. The van der Waals surface area contributed by atoms with Crippen LogP contribution in [0.15, 0.2) is 24.3 Å². The third-order valence-corrected chi connectivity index (χ3v) is 3.47. The quantitative estimate of drug-likeness (QED) is 0.700. The van der Waals surface area contributed by atoms with Crippen molar-refractivity contribution in [3.8, 4) is 0 Å².